The molecule has 0 N–H and O–H groups in total. The summed E-state index contributed by atoms with van der Waals surface area (Å²) in [5.41, 5.74) is 2.08. The second-order valence-electron chi connectivity index (χ2n) is 4.74. The third kappa shape index (κ3) is 2.48. The number of aromatic nitrogens is 5. The Labute approximate surface area is 111 Å². The lowest BCUT2D eigenvalue weighted by molar-refractivity contribution is 0.309. The summed E-state index contributed by atoms with van der Waals surface area (Å²) in [6.45, 7) is 1.59. The van der Waals surface area contributed by atoms with Gasteiger partial charge in [0.25, 0.3) is 0 Å². The van der Waals surface area contributed by atoms with E-state index in [9.17, 15) is 0 Å². The number of hydrogen-bond donors (Lipinski definition) is 0. The van der Waals surface area contributed by atoms with Gasteiger partial charge in [0.1, 0.15) is 0 Å². The van der Waals surface area contributed by atoms with Crippen LogP contribution >= 0.6 is 0 Å². The summed E-state index contributed by atoms with van der Waals surface area (Å²) in [6.07, 6.45) is 5.90. The molecular formula is C13H16N6. The second kappa shape index (κ2) is 4.81. The van der Waals surface area contributed by atoms with Crippen molar-refractivity contribution in [2.24, 2.45) is 7.05 Å². The van der Waals surface area contributed by atoms with Crippen LogP contribution in [0.2, 0.25) is 0 Å². The molecule has 3 aromatic heterocycles. The quantitative estimate of drug-likeness (QED) is 0.701. The summed E-state index contributed by atoms with van der Waals surface area (Å²) < 4.78 is 3.83. The van der Waals surface area contributed by atoms with Crippen molar-refractivity contribution in [3.63, 3.8) is 0 Å². The Kier molecular flexibility index (Phi) is 3.00. The van der Waals surface area contributed by atoms with E-state index in [1.807, 2.05) is 52.9 Å². The Morgan fingerprint density at radius 2 is 2.11 bits per heavy atom. The lowest BCUT2D eigenvalue weighted by atomic mass is 10.3. The van der Waals surface area contributed by atoms with E-state index in [0.717, 1.165) is 24.6 Å². The minimum atomic E-state index is 0.750. The number of fused-ring (bicyclic) bond motifs is 1. The smallest absolute Gasteiger partial charge is 0.160 e. The first-order chi connectivity index (χ1) is 9.22. The molecule has 19 heavy (non-hydrogen) atoms. The van der Waals surface area contributed by atoms with E-state index in [0.29, 0.717) is 0 Å². The molecule has 3 heterocycles. The maximum absolute atomic E-state index is 4.23. The zero-order valence-electron chi connectivity index (χ0n) is 11.1. The van der Waals surface area contributed by atoms with Crippen LogP contribution in [-0.4, -0.2) is 36.3 Å². The van der Waals surface area contributed by atoms with E-state index in [2.05, 4.69) is 27.2 Å². The van der Waals surface area contributed by atoms with Gasteiger partial charge >= 0.3 is 0 Å². The van der Waals surface area contributed by atoms with Gasteiger partial charge in [0.2, 0.25) is 0 Å². The van der Waals surface area contributed by atoms with Crippen LogP contribution in [0.1, 0.15) is 11.4 Å². The Morgan fingerprint density at radius 1 is 1.21 bits per heavy atom. The summed E-state index contributed by atoms with van der Waals surface area (Å²) in [5, 5.41) is 12.6. The van der Waals surface area contributed by atoms with Crippen LogP contribution in [0.15, 0.2) is 36.8 Å². The molecule has 0 aliphatic rings. The third-order valence-electron chi connectivity index (χ3n) is 3.01. The van der Waals surface area contributed by atoms with Crippen LogP contribution in [0.5, 0.6) is 0 Å². The average Bonchev–Trinajstić information content (AvgIpc) is 2.97. The van der Waals surface area contributed by atoms with Crippen molar-refractivity contribution in [3.8, 4) is 0 Å². The number of aryl methyl sites for hydroxylation is 1. The maximum atomic E-state index is 4.23. The van der Waals surface area contributed by atoms with E-state index < -0.39 is 0 Å². The van der Waals surface area contributed by atoms with Crippen molar-refractivity contribution < 1.29 is 0 Å². The fraction of sp³-hybridized carbons (Fsp3) is 0.308. The molecule has 0 bridgehead atoms. The Hall–Kier alpha value is -2.21. The monoisotopic (exact) mass is 256 g/mol. The summed E-state index contributed by atoms with van der Waals surface area (Å²) in [6, 6.07) is 5.91. The molecule has 0 fully saturated rings. The van der Waals surface area contributed by atoms with Crippen molar-refractivity contribution in [2.75, 3.05) is 7.05 Å². The van der Waals surface area contributed by atoms with Crippen molar-refractivity contribution >= 4 is 5.65 Å². The van der Waals surface area contributed by atoms with Crippen LogP contribution in [0, 0.1) is 0 Å². The lowest BCUT2D eigenvalue weighted by Gasteiger charge is -2.14. The van der Waals surface area contributed by atoms with E-state index in [1.165, 1.54) is 5.56 Å². The van der Waals surface area contributed by atoms with Gasteiger partial charge in [-0.15, -0.1) is 10.2 Å². The molecule has 0 unspecified atom stereocenters. The van der Waals surface area contributed by atoms with Gasteiger partial charge in [-0.1, -0.05) is 6.07 Å². The van der Waals surface area contributed by atoms with Crippen molar-refractivity contribution in [3.05, 3.63) is 48.2 Å². The average molecular weight is 256 g/mol. The highest BCUT2D eigenvalue weighted by molar-refractivity contribution is 5.36. The minimum Gasteiger partial charge on any atom is -0.295 e. The Balaban J connectivity index is 1.74. The molecule has 3 rings (SSSR count). The number of rotatable bonds is 4. The molecule has 0 amide bonds. The number of hydrogen-bond acceptors (Lipinski definition) is 4. The molecule has 0 aromatic carbocycles. The highest BCUT2D eigenvalue weighted by atomic mass is 15.3. The summed E-state index contributed by atoms with van der Waals surface area (Å²) in [7, 11) is 3.99. The van der Waals surface area contributed by atoms with Gasteiger partial charge in [0.15, 0.2) is 11.5 Å². The highest BCUT2D eigenvalue weighted by Gasteiger charge is 2.08. The SMILES string of the molecule is CN(Cc1cnn(C)c1)Cc1nnc2ccccn12. The van der Waals surface area contributed by atoms with Crippen molar-refractivity contribution in [1.82, 2.24) is 29.3 Å². The fourth-order valence-electron chi connectivity index (χ4n) is 2.16. The third-order valence-corrected chi connectivity index (χ3v) is 3.01. The van der Waals surface area contributed by atoms with Crippen LogP contribution < -0.4 is 0 Å². The molecule has 98 valence electrons. The van der Waals surface area contributed by atoms with Gasteiger partial charge in [-0.2, -0.15) is 5.10 Å². The molecule has 0 spiro atoms. The Bertz CT molecular complexity index is 683. The van der Waals surface area contributed by atoms with E-state index >= 15 is 0 Å². The van der Waals surface area contributed by atoms with Gasteiger partial charge in [0.05, 0.1) is 12.7 Å². The molecule has 0 saturated carbocycles. The van der Waals surface area contributed by atoms with Gasteiger partial charge in [-0.05, 0) is 19.2 Å². The molecule has 0 atom stereocenters. The maximum Gasteiger partial charge on any atom is 0.160 e. The molecule has 0 aliphatic heterocycles. The molecule has 0 radical (unpaired) electrons. The van der Waals surface area contributed by atoms with Crippen LogP contribution in [0.4, 0.5) is 0 Å². The lowest BCUT2D eigenvalue weighted by Crippen LogP contribution is -2.18. The van der Waals surface area contributed by atoms with Crippen LogP contribution in [0.3, 0.4) is 0 Å². The van der Waals surface area contributed by atoms with E-state index in [1.54, 1.807) is 0 Å². The number of nitrogens with zero attached hydrogens (tertiary/aromatic N) is 6. The zero-order chi connectivity index (χ0) is 13.2. The van der Waals surface area contributed by atoms with Crippen molar-refractivity contribution in [2.45, 2.75) is 13.1 Å². The molecule has 0 saturated heterocycles. The molecule has 3 aromatic rings. The first-order valence-corrected chi connectivity index (χ1v) is 6.17. The second-order valence-corrected chi connectivity index (χ2v) is 4.74. The van der Waals surface area contributed by atoms with Gasteiger partial charge in [-0.25, -0.2) is 0 Å². The first kappa shape index (κ1) is 11.9. The summed E-state index contributed by atoms with van der Waals surface area (Å²) >= 11 is 0. The molecular weight excluding hydrogens is 240 g/mol. The summed E-state index contributed by atoms with van der Waals surface area (Å²) in [4.78, 5) is 2.19. The summed E-state index contributed by atoms with van der Waals surface area (Å²) in [5.74, 6) is 0.946. The fourth-order valence-corrected chi connectivity index (χ4v) is 2.16. The largest absolute Gasteiger partial charge is 0.295 e. The van der Waals surface area contributed by atoms with Crippen LogP contribution in [-0.2, 0) is 20.1 Å². The van der Waals surface area contributed by atoms with Crippen LogP contribution in [0.25, 0.3) is 5.65 Å². The molecule has 0 aliphatic carbocycles. The van der Waals surface area contributed by atoms with Crippen molar-refractivity contribution in [1.29, 1.82) is 0 Å². The highest BCUT2D eigenvalue weighted by Crippen LogP contribution is 2.08. The minimum absolute atomic E-state index is 0.750. The predicted molar refractivity (Wildman–Crippen MR) is 71.4 cm³/mol. The molecule has 6 nitrogen and oxygen atoms in total. The normalized spacial score (nSPS) is 11.5. The van der Waals surface area contributed by atoms with E-state index in [4.69, 9.17) is 0 Å². The molecule has 6 heteroatoms. The topological polar surface area (TPSA) is 51.2 Å². The van der Waals surface area contributed by atoms with Gasteiger partial charge in [-0.3, -0.25) is 14.0 Å². The number of pyridine rings is 1. The standard InChI is InChI=1S/C13H16N6/c1-17(8-11-7-14-18(2)9-11)10-13-16-15-12-5-3-4-6-19(12)13/h3-7,9H,8,10H2,1-2H3. The predicted octanol–water partition coefficient (Wildman–Crippen LogP) is 1.09. The van der Waals surface area contributed by atoms with Gasteiger partial charge in [0, 0.05) is 31.5 Å². The zero-order valence-corrected chi connectivity index (χ0v) is 11.1. The van der Waals surface area contributed by atoms with E-state index in [-0.39, 0.29) is 0 Å². The Morgan fingerprint density at radius 3 is 2.89 bits per heavy atom. The van der Waals surface area contributed by atoms with Gasteiger partial charge < -0.3 is 0 Å². The first-order valence-electron chi connectivity index (χ1n) is 6.17.